The summed E-state index contributed by atoms with van der Waals surface area (Å²) >= 11 is 0. The molecule has 1 saturated heterocycles. The standard InChI is InChI=1S/C19H28N2O2.3C2H6/c1-5-7-18-17(6-2)15(12-20-18)9-11-23-19(22)21-10-8-16(13-21)14(3)4;3*1-2/h5-7,12,14,16,20H,2,8-11,13H2,1,3-4H3;3*1-2H3/b7-5-;;;. The zero-order valence-electron chi connectivity index (χ0n) is 20.5. The van der Waals surface area contributed by atoms with E-state index in [9.17, 15) is 4.79 Å². The van der Waals surface area contributed by atoms with Gasteiger partial charge in [-0.2, -0.15) is 0 Å². The lowest BCUT2D eigenvalue weighted by atomic mass is 9.95. The van der Waals surface area contributed by atoms with Crippen LogP contribution in [0, 0.1) is 11.8 Å². The van der Waals surface area contributed by atoms with Gasteiger partial charge < -0.3 is 14.6 Å². The molecule has 0 spiro atoms. The highest BCUT2D eigenvalue weighted by molar-refractivity contribution is 5.68. The number of rotatable bonds is 6. The summed E-state index contributed by atoms with van der Waals surface area (Å²) in [4.78, 5) is 17.2. The first-order valence-corrected chi connectivity index (χ1v) is 11.4. The highest BCUT2D eigenvalue weighted by Gasteiger charge is 2.28. The summed E-state index contributed by atoms with van der Waals surface area (Å²) in [6.45, 7) is 24.3. The van der Waals surface area contributed by atoms with Gasteiger partial charge in [-0.25, -0.2) is 4.79 Å². The number of hydrogen-bond acceptors (Lipinski definition) is 2. The molecule has 0 saturated carbocycles. The number of carbonyl (C=O) groups is 1. The van der Waals surface area contributed by atoms with Gasteiger partial charge in [0.2, 0.25) is 0 Å². The molecule has 0 aromatic carbocycles. The minimum absolute atomic E-state index is 0.183. The molecule has 1 atom stereocenters. The van der Waals surface area contributed by atoms with Crippen LogP contribution in [0.3, 0.4) is 0 Å². The molecular formula is C25H46N2O2. The fraction of sp³-hybridized carbons (Fsp3) is 0.640. The first-order chi connectivity index (χ1) is 14.1. The lowest BCUT2D eigenvalue weighted by Gasteiger charge is -2.17. The second-order valence-electron chi connectivity index (χ2n) is 6.45. The van der Waals surface area contributed by atoms with Crippen LogP contribution in [0.1, 0.15) is 85.6 Å². The molecule has 1 aromatic rings. The van der Waals surface area contributed by atoms with Gasteiger partial charge in [0.25, 0.3) is 0 Å². The fourth-order valence-corrected chi connectivity index (χ4v) is 3.08. The van der Waals surface area contributed by atoms with Crippen molar-refractivity contribution < 1.29 is 9.53 Å². The number of amides is 1. The third kappa shape index (κ3) is 9.87. The van der Waals surface area contributed by atoms with Gasteiger partial charge in [0.05, 0.1) is 6.61 Å². The van der Waals surface area contributed by atoms with Crippen molar-refractivity contribution in [3.8, 4) is 0 Å². The van der Waals surface area contributed by atoms with E-state index < -0.39 is 0 Å². The number of likely N-dealkylation sites (tertiary alicyclic amines) is 1. The summed E-state index contributed by atoms with van der Waals surface area (Å²) in [7, 11) is 0. The molecule has 1 fully saturated rings. The van der Waals surface area contributed by atoms with Crippen LogP contribution in [0.4, 0.5) is 4.79 Å². The van der Waals surface area contributed by atoms with Crippen molar-refractivity contribution in [1.82, 2.24) is 9.88 Å². The van der Waals surface area contributed by atoms with Crippen molar-refractivity contribution >= 4 is 18.2 Å². The molecular weight excluding hydrogens is 360 g/mol. The Labute approximate surface area is 180 Å². The van der Waals surface area contributed by atoms with E-state index in [1.54, 1.807) is 0 Å². The van der Waals surface area contributed by atoms with Gasteiger partial charge in [-0.1, -0.05) is 74.1 Å². The van der Waals surface area contributed by atoms with Crippen LogP contribution in [0.15, 0.2) is 18.9 Å². The summed E-state index contributed by atoms with van der Waals surface area (Å²) in [5.41, 5.74) is 3.26. The largest absolute Gasteiger partial charge is 0.449 e. The highest BCUT2D eigenvalue weighted by Crippen LogP contribution is 2.24. The zero-order valence-corrected chi connectivity index (χ0v) is 20.5. The summed E-state index contributed by atoms with van der Waals surface area (Å²) < 4.78 is 5.45. The summed E-state index contributed by atoms with van der Waals surface area (Å²) in [5, 5.41) is 0. The number of allylic oxidation sites excluding steroid dienone is 1. The molecule has 1 aliphatic heterocycles. The Balaban J connectivity index is 0. The smallest absolute Gasteiger partial charge is 0.409 e. The molecule has 4 nitrogen and oxygen atoms in total. The third-order valence-electron chi connectivity index (χ3n) is 4.60. The Hall–Kier alpha value is -1.97. The Kier molecular flexibility index (Phi) is 18.2. The molecule has 0 aliphatic carbocycles. The highest BCUT2D eigenvalue weighted by atomic mass is 16.6. The van der Waals surface area contributed by atoms with E-state index in [0.29, 0.717) is 24.9 Å². The van der Waals surface area contributed by atoms with Crippen LogP contribution in [-0.4, -0.2) is 35.7 Å². The van der Waals surface area contributed by atoms with Crippen molar-refractivity contribution in [3.63, 3.8) is 0 Å². The number of carbonyl (C=O) groups excluding carboxylic acids is 1. The van der Waals surface area contributed by atoms with Gasteiger partial charge >= 0.3 is 6.09 Å². The van der Waals surface area contributed by atoms with Crippen LogP contribution >= 0.6 is 0 Å². The van der Waals surface area contributed by atoms with Crippen molar-refractivity contribution in [2.75, 3.05) is 19.7 Å². The number of ether oxygens (including phenoxy) is 1. The molecule has 1 unspecified atom stereocenters. The quantitative estimate of drug-likeness (QED) is 0.534. The molecule has 1 amide bonds. The normalized spacial score (nSPS) is 15.0. The van der Waals surface area contributed by atoms with Crippen LogP contribution in [-0.2, 0) is 11.2 Å². The predicted molar refractivity (Wildman–Crippen MR) is 129 cm³/mol. The molecule has 29 heavy (non-hydrogen) atoms. The van der Waals surface area contributed by atoms with E-state index in [4.69, 9.17) is 4.74 Å². The lowest BCUT2D eigenvalue weighted by Crippen LogP contribution is -2.30. The summed E-state index contributed by atoms with van der Waals surface area (Å²) in [6, 6.07) is 0. The Morgan fingerprint density at radius 1 is 1.28 bits per heavy atom. The van der Waals surface area contributed by atoms with E-state index in [-0.39, 0.29) is 6.09 Å². The van der Waals surface area contributed by atoms with Gasteiger partial charge in [-0.05, 0) is 36.8 Å². The van der Waals surface area contributed by atoms with Crippen LogP contribution in [0.2, 0.25) is 0 Å². The number of aromatic nitrogens is 1. The molecule has 1 N–H and O–H groups in total. The number of aromatic amines is 1. The van der Waals surface area contributed by atoms with E-state index in [1.165, 1.54) is 0 Å². The lowest BCUT2D eigenvalue weighted by molar-refractivity contribution is 0.109. The molecule has 1 aliphatic rings. The fourth-order valence-electron chi connectivity index (χ4n) is 3.08. The first-order valence-electron chi connectivity index (χ1n) is 11.4. The monoisotopic (exact) mass is 406 g/mol. The number of nitrogens with one attached hydrogen (secondary N) is 1. The summed E-state index contributed by atoms with van der Waals surface area (Å²) in [5.74, 6) is 1.22. The molecule has 0 radical (unpaired) electrons. The Bertz CT molecular complexity index is 573. The molecule has 1 aromatic heterocycles. The third-order valence-corrected chi connectivity index (χ3v) is 4.60. The van der Waals surface area contributed by atoms with Crippen molar-refractivity contribution in [2.24, 2.45) is 11.8 Å². The van der Waals surface area contributed by atoms with Crippen LogP contribution < -0.4 is 0 Å². The molecule has 2 heterocycles. The SMILES string of the molecule is C=Cc1c(CCOC(=O)N2CCC(C(C)C)C2)c[nH]c1/C=C\C.CC.CC.CC. The molecule has 0 bridgehead atoms. The maximum atomic E-state index is 12.1. The topological polar surface area (TPSA) is 45.3 Å². The number of nitrogens with zero attached hydrogens (tertiary/aromatic N) is 1. The van der Waals surface area contributed by atoms with Gasteiger partial charge in [0.1, 0.15) is 0 Å². The van der Waals surface area contributed by atoms with Gasteiger partial charge in [0, 0.05) is 37.0 Å². The molecule has 168 valence electrons. The second-order valence-corrected chi connectivity index (χ2v) is 6.45. The van der Waals surface area contributed by atoms with Crippen LogP contribution in [0.25, 0.3) is 12.2 Å². The maximum Gasteiger partial charge on any atom is 0.409 e. The Morgan fingerprint density at radius 3 is 2.38 bits per heavy atom. The minimum atomic E-state index is -0.183. The van der Waals surface area contributed by atoms with Gasteiger partial charge in [0.15, 0.2) is 0 Å². The maximum absolute atomic E-state index is 12.1. The first kappa shape index (κ1) is 29.2. The van der Waals surface area contributed by atoms with Gasteiger partial charge in [-0.3, -0.25) is 0 Å². The average Bonchev–Trinajstić information content (AvgIpc) is 3.40. The van der Waals surface area contributed by atoms with E-state index in [2.05, 4.69) is 25.4 Å². The number of H-pyrrole nitrogens is 1. The van der Waals surface area contributed by atoms with Crippen molar-refractivity contribution in [1.29, 1.82) is 0 Å². The van der Waals surface area contributed by atoms with Crippen molar-refractivity contribution in [3.05, 3.63) is 35.7 Å². The second kappa shape index (κ2) is 18.1. The van der Waals surface area contributed by atoms with E-state index >= 15 is 0 Å². The van der Waals surface area contributed by atoms with Crippen LogP contribution in [0.5, 0.6) is 0 Å². The number of hydrogen-bond donors (Lipinski definition) is 1. The molecule has 4 heteroatoms. The Morgan fingerprint density at radius 2 is 1.90 bits per heavy atom. The predicted octanol–water partition coefficient (Wildman–Crippen LogP) is 7.43. The van der Waals surface area contributed by atoms with E-state index in [0.717, 1.165) is 36.3 Å². The van der Waals surface area contributed by atoms with Crippen molar-refractivity contribution in [2.45, 2.75) is 75.2 Å². The summed E-state index contributed by atoms with van der Waals surface area (Å²) in [6.07, 6.45) is 9.41. The average molecular weight is 407 g/mol. The molecule has 2 rings (SSSR count). The minimum Gasteiger partial charge on any atom is -0.449 e. The van der Waals surface area contributed by atoms with Gasteiger partial charge in [-0.15, -0.1) is 0 Å². The van der Waals surface area contributed by atoms with E-state index in [1.807, 2.05) is 77.8 Å². The zero-order chi connectivity index (χ0) is 22.8.